The van der Waals surface area contributed by atoms with Crippen molar-refractivity contribution in [1.29, 1.82) is 0 Å². The van der Waals surface area contributed by atoms with Crippen molar-refractivity contribution < 1.29 is 23.8 Å². The third-order valence-electron chi connectivity index (χ3n) is 9.09. The van der Waals surface area contributed by atoms with Crippen LogP contribution in [0.3, 0.4) is 0 Å². The second kappa shape index (κ2) is 12.7. The number of fused-ring (bicyclic) bond motifs is 1. The average Bonchev–Trinajstić information content (AvgIpc) is 3.59. The molecule has 2 atom stereocenters. The Bertz CT molecular complexity index is 1590. The molecule has 0 spiro atoms. The zero-order valence-electron chi connectivity index (χ0n) is 25.9. The first kappa shape index (κ1) is 30.3. The number of ether oxygens (including phenoxy) is 3. The van der Waals surface area contributed by atoms with Crippen LogP contribution >= 0.6 is 11.8 Å². The van der Waals surface area contributed by atoms with Crippen LogP contribution in [0, 0.1) is 20.8 Å². The molecule has 3 aromatic carbocycles. The Labute approximate surface area is 264 Å². The van der Waals surface area contributed by atoms with Crippen LogP contribution in [0.25, 0.3) is 6.08 Å². The normalized spacial score (nSPS) is 22.5. The second-order valence-electron chi connectivity index (χ2n) is 12.3. The van der Waals surface area contributed by atoms with Gasteiger partial charge in [-0.3, -0.25) is 19.8 Å². The minimum atomic E-state index is -0.348. The molecule has 2 saturated heterocycles. The number of thioether (sulfide) groups is 1. The first-order valence-corrected chi connectivity index (χ1v) is 16.2. The minimum absolute atomic E-state index is 0.285. The molecular weight excluding hydrogens is 572 g/mol. The average molecular weight is 613 g/mol. The minimum Gasteiger partial charge on any atom is -0.492 e. The number of hydrogen-bond donors (Lipinski definition) is 1. The van der Waals surface area contributed by atoms with E-state index < -0.39 is 0 Å². The van der Waals surface area contributed by atoms with Crippen molar-refractivity contribution in [2.75, 3.05) is 19.7 Å². The summed E-state index contributed by atoms with van der Waals surface area (Å²) in [7, 11) is 0. The zero-order valence-corrected chi connectivity index (χ0v) is 26.7. The summed E-state index contributed by atoms with van der Waals surface area (Å²) < 4.78 is 19.5. The molecule has 3 aliphatic rings. The van der Waals surface area contributed by atoms with Gasteiger partial charge in [0.15, 0.2) is 0 Å². The fourth-order valence-corrected chi connectivity index (χ4v) is 7.17. The lowest BCUT2D eigenvalue weighted by Gasteiger charge is -2.41. The number of carbonyl (C=O) groups is 2. The molecular formula is C36H40N2O5S. The number of likely N-dealkylation sites (tertiary alicyclic amines) is 1. The lowest BCUT2D eigenvalue weighted by atomic mass is 9.86. The van der Waals surface area contributed by atoms with E-state index in [-0.39, 0.29) is 16.7 Å². The van der Waals surface area contributed by atoms with Gasteiger partial charge < -0.3 is 14.2 Å². The van der Waals surface area contributed by atoms with Crippen molar-refractivity contribution in [2.24, 2.45) is 0 Å². The molecule has 1 unspecified atom stereocenters. The molecule has 0 radical (unpaired) electrons. The van der Waals surface area contributed by atoms with E-state index in [9.17, 15) is 9.59 Å². The Morgan fingerprint density at radius 2 is 1.80 bits per heavy atom. The van der Waals surface area contributed by atoms with Crippen molar-refractivity contribution in [3.8, 4) is 17.2 Å². The highest BCUT2D eigenvalue weighted by Crippen LogP contribution is 2.44. The summed E-state index contributed by atoms with van der Waals surface area (Å²) in [6.07, 6.45) is 5.87. The van der Waals surface area contributed by atoms with Crippen LogP contribution in [-0.4, -0.2) is 47.4 Å². The van der Waals surface area contributed by atoms with Crippen LogP contribution in [0.15, 0.2) is 59.5 Å². The summed E-state index contributed by atoms with van der Waals surface area (Å²) in [6.45, 7) is 11.8. The largest absolute Gasteiger partial charge is 0.492 e. The summed E-state index contributed by atoms with van der Waals surface area (Å²) in [5.74, 6) is 2.45. The van der Waals surface area contributed by atoms with Crippen molar-refractivity contribution >= 4 is 29.0 Å². The third kappa shape index (κ3) is 6.52. The van der Waals surface area contributed by atoms with Gasteiger partial charge in [0.05, 0.1) is 4.91 Å². The van der Waals surface area contributed by atoms with Gasteiger partial charge in [-0.1, -0.05) is 42.5 Å². The predicted octanol–water partition coefficient (Wildman–Crippen LogP) is 7.14. The van der Waals surface area contributed by atoms with E-state index in [0.29, 0.717) is 24.2 Å². The van der Waals surface area contributed by atoms with E-state index in [2.05, 4.69) is 50.0 Å². The lowest BCUT2D eigenvalue weighted by Crippen LogP contribution is -2.50. The highest BCUT2D eigenvalue weighted by Gasteiger charge is 2.39. The molecule has 0 aromatic heterocycles. The first-order chi connectivity index (χ1) is 21.2. The monoisotopic (exact) mass is 612 g/mol. The molecule has 3 aliphatic heterocycles. The second-order valence-corrected chi connectivity index (χ2v) is 13.4. The standard InChI is InChI=1S/C36H40N2O5S/c1-23-24(2)33-30(25(3)32(23)42-20-27-9-6-5-7-10-27)16-17-36(4,43-33)22-38-18-8-11-28(38)21-41-29-14-12-26(13-15-29)19-31-34(39)37-35(40)44-31/h5-7,9-10,12-15,19,28H,8,11,16-18,20-22H2,1-4H3,(H,37,39,40)/t28-,36?/m0/s1. The zero-order chi connectivity index (χ0) is 30.8. The van der Waals surface area contributed by atoms with Gasteiger partial charge in [-0.25, -0.2) is 0 Å². The van der Waals surface area contributed by atoms with Gasteiger partial charge in [-0.15, -0.1) is 0 Å². The molecule has 7 nitrogen and oxygen atoms in total. The van der Waals surface area contributed by atoms with Crippen molar-refractivity contribution in [2.45, 2.75) is 71.6 Å². The SMILES string of the molecule is Cc1c(C)c2c(c(C)c1OCc1ccccc1)CCC(C)(CN1CCC[C@H]1COc1ccc(C=C3SC(=O)NC3=O)cc1)O2. The maximum Gasteiger partial charge on any atom is 0.290 e. The van der Waals surface area contributed by atoms with Crippen LogP contribution in [0.4, 0.5) is 4.79 Å². The number of rotatable bonds is 9. The third-order valence-corrected chi connectivity index (χ3v) is 9.90. The van der Waals surface area contributed by atoms with E-state index in [1.54, 1.807) is 6.08 Å². The highest BCUT2D eigenvalue weighted by molar-refractivity contribution is 8.18. The number of benzene rings is 3. The van der Waals surface area contributed by atoms with Gasteiger partial charge >= 0.3 is 0 Å². The molecule has 230 valence electrons. The Kier molecular flexibility index (Phi) is 8.74. The van der Waals surface area contributed by atoms with E-state index >= 15 is 0 Å². The Hall–Kier alpha value is -3.75. The number of nitrogens with zero attached hydrogens (tertiary/aromatic N) is 1. The van der Waals surface area contributed by atoms with E-state index in [4.69, 9.17) is 14.2 Å². The fourth-order valence-electron chi connectivity index (χ4n) is 6.49. The van der Waals surface area contributed by atoms with Crippen LogP contribution in [-0.2, 0) is 17.8 Å². The maximum absolute atomic E-state index is 11.8. The molecule has 0 aliphatic carbocycles. The quantitative estimate of drug-likeness (QED) is 0.257. The Morgan fingerprint density at radius 3 is 2.52 bits per heavy atom. The summed E-state index contributed by atoms with van der Waals surface area (Å²) in [5.41, 5.74) is 6.51. The molecule has 6 rings (SSSR count). The fraction of sp³-hybridized carbons (Fsp3) is 0.389. The number of amides is 2. The molecule has 1 N–H and O–H groups in total. The first-order valence-electron chi connectivity index (χ1n) is 15.4. The summed E-state index contributed by atoms with van der Waals surface area (Å²) >= 11 is 0.923. The van der Waals surface area contributed by atoms with Crippen LogP contribution in [0.2, 0.25) is 0 Å². The van der Waals surface area contributed by atoms with E-state index in [1.807, 2.05) is 42.5 Å². The summed E-state index contributed by atoms with van der Waals surface area (Å²) in [5, 5.41) is 1.95. The van der Waals surface area contributed by atoms with Crippen molar-refractivity contribution in [3.05, 3.63) is 92.9 Å². The predicted molar refractivity (Wildman–Crippen MR) is 174 cm³/mol. The van der Waals surface area contributed by atoms with Gasteiger partial charge in [-0.2, -0.15) is 0 Å². The maximum atomic E-state index is 11.8. The molecule has 8 heteroatoms. The smallest absolute Gasteiger partial charge is 0.290 e. The molecule has 0 bridgehead atoms. The molecule has 2 amide bonds. The number of imide groups is 1. The van der Waals surface area contributed by atoms with Gasteiger partial charge in [0.25, 0.3) is 11.1 Å². The number of nitrogens with one attached hydrogen (secondary N) is 1. The van der Waals surface area contributed by atoms with Gasteiger partial charge in [0.1, 0.15) is 36.1 Å². The van der Waals surface area contributed by atoms with E-state index in [0.717, 1.165) is 84.5 Å². The van der Waals surface area contributed by atoms with Crippen molar-refractivity contribution in [1.82, 2.24) is 10.2 Å². The van der Waals surface area contributed by atoms with E-state index in [1.165, 1.54) is 16.7 Å². The summed E-state index contributed by atoms with van der Waals surface area (Å²) in [4.78, 5) is 26.2. The van der Waals surface area contributed by atoms with Crippen LogP contribution < -0.4 is 19.5 Å². The van der Waals surface area contributed by atoms with Gasteiger partial charge in [0.2, 0.25) is 0 Å². The Balaban J connectivity index is 1.08. The molecule has 3 heterocycles. The highest BCUT2D eigenvalue weighted by atomic mass is 32.2. The molecule has 44 heavy (non-hydrogen) atoms. The molecule has 2 fully saturated rings. The molecule has 0 saturated carbocycles. The number of hydrogen-bond acceptors (Lipinski definition) is 7. The van der Waals surface area contributed by atoms with Crippen LogP contribution in [0.5, 0.6) is 17.2 Å². The van der Waals surface area contributed by atoms with Gasteiger partial charge in [-0.05, 0) is 118 Å². The number of carbonyl (C=O) groups excluding carboxylic acids is 2. The van der Waals surface area contributed by atoms with Crippen molar-refractivity contribution in [3.63, 3.8) is 0 Å². The summed E-state index contributed by atoms with van der Waals surface area (Å²) in [6, 6.07) is 18.3. The molecule has 3 aromatic rings. The topological polar surface area (TPSA) is 77.1 Å². The van der Waals surface area contributed by atoms with Gasteiger partial charge in [0, 0.05) is 18.2 Å². The lowest BCUT2D eigenvalue weighted by molar-refractivity contribution is -0.115. The van der Waals surface area contributed by atoms with Crippen LogP contribution in [0.1, 0.15) is 59.6 Å². The Morgan fingerprint density at radius 1 is 1.02 bits per heavy atom.